The summed E-state index contributed by atoms with van der Waals surface area (Å²) in [5.41, 5.74) is 5.71. The minimum atomic E-state index is -3.29. The van der Waals surface area contributed by atoms with Crippen LogP contribution < -0.4 is 11.1 Å². The van der Waals surface area contributed by atoms with Crippen LogP contribution in [0.4, 0.5) is 10.8 Å². The Labute approximate surface area is 121 Å². The fourth-order valence-electron chi connectivity index (χ4n) is 1.63. The Morgan fingerprint density at radius 1 is 1.58 bits per heavy atom. The van der Waals surface area contributed by atoms with Gasteiger partial charge in [-0.15, -0.1) is 6.58 Å². The first-order chi connectivity index (χ1) is 9.07. The number of sulfone groups is 1. The molecule has 0 saturated heterocycles. The molecule has 0 atom stereocenters. The molecule has 19 heavy (non-hydrogen) atoms. The molecular weight excluding hydrogens is 302 g/mol. The van der Waals surface area contributed by atoms with Crippen molar-refractivity contribution in [2.24, 2.45) is 0 Å². The average Bonchev–Trinajstić information content (AvgIpc) is 3.15. The van der Waals surface area contributed by atoms with Crippen molar-refractivity contribution in [2.45, 2.75) is 23.0 Å². The van der Waals surface area contributed by atoms with Gasteiger partial charge in [0.15, 0.2) is 15.7 Å². The average molecular weight is 319 g/mol. The van der Waals surface area contributed by atoms with Gasteiger partial charge in [-0.25, -0.2) is 8.42 Å². The van der Waals surface area contributed by atoms with Crippen LogP contribution in [0.3, 0.4) is 0 Å². The molecule has 1 saturated carbocycles. The van der Waals surface area contributed by atoms with Crippen LogP contribution in [-0.2, 0) is 9.84 Å². The summed E-state index contributed by atoms with van der Waals surface area (Å²) in [5, 5.41) is 3.43. The Morgan fingerprint density at radius 3 is 2.95 bits per heavy atom. The molecule has 0 radical (unpaired) electrons. The van der Waals surface area contributed by atoms with Crippen LogP contribution in [0.25, 0.3) is 0 Å². The number of nitrogens with two attached hydrogens (primary N) is 1. The Hall–Kier alpha value is -0.730. The van der Waals surface area contributed by atoms with Gasteiger partial charge in [0.05, 0.1) is 5.25 Å². The van der Waals surface area contributed by atoms with E-state index in [0.29, 0.717) is 11.5 Å². The van der Waals surface area contributed by atoms with Crippen molar-refractivity contribution in [3.63, 3.8) is 0 Å². The fourth-order valence-corrected chi connectivity index (χ4v) is 5.12. The smallest absolute Gasteiger partial charge is 0.187 e. The van der Waals surface area contributed by atoms with Crippen LogP contribution >= 0.6 is 23.3 Å². The summed E-state index contributed by atoms with van der Waals surface area (Å²) in [7, 11) is -3.29. The largest absolute Gasteiger partial charge is 0.382 e. The van der Waals surface area contributed by atoms with Crippen molar-refractivity contribution in [2.75, 3.05) is 29.1 Å². The molecule has 8 heteroatoms. The van der Waals surface area contributed by atoms with Gasteiger partial charge in [-0.3, -0.25) is 0 Å². The van der Waals surface area contributed by atoms with E-state index in [0.717, 1.165) is 35.9 Å². The number of hydrogen-bond acceptors (Lipinski definition) is 7. The molecule has 2 rings (SSSR count). The first kappa shape index (κ1) is 14.7. The van der Waals surface area contributed by atoms with Gasteiger partial charge in [-0.2, -0.15) is 16.1 Å². The Bertz CT molecular complexity index is 550. The highest BCUT2D eigenvalue weighted by atomic mass is 32.2. The van der Waals surface area contributed by atoms with Gasteiger partial charge < -0.3 is 11.1 Å². The van der Waals surface area contributed by atoms with Gasteiger partial charge in [-0.05, 0) is 24.4 Å². The highest BCUT2D eigenvalue weighted by molar-refractivity contribution is 7.99. The minimum absolute atomic E-state index is 0.123. The molecule has 0 aromatic carbocycles. The second-order valence-electron chi connectivity index (χ2n) is 4.26. The van der Waals surface area contributed by atoms with Crippen molar-refractivity contribution in [3.8, 4) is 0 Å². The third-order valence-corrected chi connectivity index (χ3v) is 6.93. The Morgan fingerprint density at radius 2 is 2.32 bits per heavy atom. The van der Waals surface area contributed by atoms with Crippen molar-refractivity contribution >= 4 is 44.0 Å². The van der Waals surface area contributed by atoms with E-state index in [1.807, 2.05) is 6.08 Å². The van der Waals surface area contributed by atoms with E-state index in [9.17, 15) is 8.42 Å². The van der Waals surface area contributed by atoms with Crippen molar-refractivity contribution in [1.82, 2.24) is 4.37 Å². The summed E-state index contributed by atoms with van der Waals surface area (Å²) in [6.07, 6.45) is 3.30. The maximum absolute atomic E-state index is 12.3. The number of anilines is 2. The number of nitrogens with one attached hydrogen (secondary N) is 1. The molecule has 0 aliphatic heterocycles. The topological polar surface area (TPSA) is 85.1 Å². The van der Waals surface area contributed by atoms with E-state index >= 15 is 0 Å². The molecule has 5 nitrogen and oxygen atoms in total. The second kappa shape index (κ2) is 6.15. The highest BCUT2D eigenvalue weighted by Gasteiger charge is 2.40. The normalized spacial score (nSPS) is 15.4. The molecular formula is C11H17N3O2S3. The van der Waals surface area contributed by atoms with Gasteiger partial charge in [-0.1, -0.05) is 6.08 Å². The molecule has 3 N–H and O–H groups in total. The van der Waals surface area contributed by atoms with Crippen LogP contribution in [0.2, 0.25) is 0 Å². The monoisotopic (exact) mass is 319 g/mol. The predicted octanol–water partition coefficient (Wildman–Crippen LogP) is 1.99. The predicted molar refractivity (Wildman–Crippen MR) is 82.7 cm³/mol. The quantitative estimate of drug-likeness (QED) is 0.563. The first-order valence-corrected chi connectivity index (χ1v) is 9.46. The molecule has 1 aromatic rings. The zero-order valence-electron chi connectivity index (χ0n) is 10.5. The third-order valence-electron chi connectivity index (χ3n) is 2.69. The minimum Gasteiger partial charge on any atom is -0.382 e. The third kappa shape index (κ3) is 3.43. The van der Waals surface area contributed by atoms with Crippen molar-refractivity contribution in [3.05, 3.63) is 12.7 Å². The van der Waals surface area contributed by atoms with Crippen LogP contribution in [0, 0.1) is 0 Å². The molecule has 0 spiro atoms. The zero-order valence-corrected chi connectivity index (χ0v) is 12.9. The van der Waals surface area contributed by atoms with Gasteiger partial charge in [0, 0.05) is 18.1 Å². The number of nitrogen functional groups attached to an aromatic ring is 1. The summed E-state index contributed by atoms with van der Waals surface area (Å²) >= 11 is 2.85. The van der Waals surface area contributed by atoms with E-state index in [1.165, 1.54) is 0 Å². The lowest BCUT2D eigenvalue weighted by molar-refractivity contribution is 0.595. The van der Waals surface area contributed by atoms with E-state index in [1.54, 1.807) is 11.8 Å². The lowest BCUT2D eigenvalue weighted by Crippen LogP contribution is -2.12. The van der Waals surface area contributed by atoms with E-state index in [4.69, 9.17) is 5.73 Å². The maximum Gasteiger partial charge on any atom is 0.187 e. The van der Waals surface area contributed by atoms with Gasteiger partial charge in [0.1, 0.15) is 9.90 Å². The van der Waals surface area contributed by atoms with Crippen LogP contribution in [0.15, 0.2) is 17.6 Å². The number of thioether (sulfide) groups is 1. The number of nitrogens with zero attached hydrogens (tertiary/aromatic N) is 1. The summed E-state index contributed by atoms with van der Waals surface area (Å²) in [6, 6.07) is 0. The first-order valence-electron chi connectivity index (χ1n) is 5.99. The van der Waals surface area contributed by atoms with Gasteiger partial charge in [0.25, 0.3) is 0 Å². The maximum atomic E-state index is 12.3. The highest BCUT2D eigenvalue weighted by Crippen LogP contribution is 2.40. The van der Waals surface area contributed by atoms with E-state index < -0.39 is 9.84 Å². The standard InChI is InChI=1S/C11H17N3O2S3/c1-2-6-17-7-5-13-11-9(10(12)14-18-11)19(15,16)8-3-4-8/h2,8,13H,1,3-7H2,(H2,12,14). The van der Waals surface area contributed by atoms with Crippen LogP contribution in [0.5, 0.6) is 0 Å². The van der Waals surface area contributed by atoms with E-state index in [-0.39, 0.29) is 16.0 Å². The zero-order chi connectivity index (χ0) is 13.9. The van der Waals surface area contributed by atoms with Crippen LogP contribution in [0.1, 0.15) is 12.8 Å². The molecule has 1 fully saturated rings. The van der Waals surface area contributed by atoms with Crippen molar-refractivity contribution < 1.29 is 8.42 Å². The van der Waals surface area contributed by atoms with Gasteiger partial charge >= 0.3 is 0 Å². The van der Waals surface area contributed by atoms with E-state index in [2.05, 4.69) is 16.3 Å². The molecule has 1 aliphatic carbocycles. The molecule has 1 aliphatic rings. The molecule has 0 amide bonds. The molecule has 106 valence electrons. The lowest BCUT2D eigenvalue weighted by atomic mass is 10.6. The number of hydrogen-bond donors (Lipinski definition) is 2. The van der Waals surface area contributed by atoms with Crippen LogP contribution in [-0.4, -0.2) is 36.1 Å². The summed E-state index contributed by atoms with van der Waals surface area (Å²) in [4.78, 5) is 0.203. The lowest BCUT2D eigenvalue weighted by Gasteiger charge is -2.07. The Kier molecular flexibility index (Phi) is 4.75. The molecule has 0 unspecified atom stereocenters. The SMILES string of the molecule is C=CCSCCNc1snc(N)c1S(=O)(=O)C1CC1. The van der Waals surface area contributed by atoms with Crippen molar-refractivity contribution in [1.29, 1.82) is 0 Å². The van der Waals surface area contributed by atoms with Gasteiger partial charge in [0.2, 0.25) is 0 Å². The summed E-state index contributed by atoms with van der Waals surface area (Å²) in [5.74, 6) is 1.89. The number of rotatable bonds is 8. The summed E-state index contributed by atoms with van der Waals surface area (Å²) < 4.78 is 28.5. The molecule has 1 aromatic heterocycles. The second-order valence-corrected chi connectivity index (χ2v) is 8.35. The molecule has 1 heterocycles. The molecule has 0 bridgehead atoms. The Balaban J connectivity index is 2.03. The number of aromatic nitrogens is 1. The summed E-state index contributed by atoms with van der Waals surface area (Å²) in [6.45, 7) is 4.34. The fraction of sp³-hybridized carbons (Fsp3) is 0.545.